The van der Waals surface area contributed by atoms with Crippen molar-refractivity contribution in [1.82, 2.24) is 9.88 Å². The molecule has 0 radical (unpaired) electrons. The number of nitrogens with one attached hydrogen (secondary N) is 1. The predicted molar refractivity (Wildman–Crippen MR) is 77.7 cm³/mol. The first-order chi connectivity index (χ1) is 9.11. The average Bonchev–Trinajstić information content (AvgIpc) is 2.83. The van der Waals surface area contributed by atoms with Gasteiger partial charge in [-0.1, -0.05) is 25.4 Å². The highest BCUT2D eigenvalue weighted by atomic mass is 35.5. The monoisotopic (exact) mass is 281 g/mol. The molecule has 104 valence electrons. The molecule has 1 aromatic heterocycles. The minimum atomic E-state index is 0.0285. The Hall–Kier alpha value is -1.29. The Morgan fingerprint density at radius 3 is 3.00 bits per heavy atom. The highest BCUT2D eigenvalue weighted by Gasteiger charge is 2.24. The van der Waals surface area contributed by atoms with Gasteiger partial charge in [0.1, 0.15) is 5.82 Å². The maximum absolute atomic E-state index is 12.3. The summed E-state index contributed by atoms with van der Waals surface area (Å²) in [5, 5.41) is 3.64. The standard InChI is InChI=1S/C14H20ClN3O/c1-3-5-16-13-12(15)7-11(8-17-13)14(19)18-6-4-10(2)9-18/h7-8,10H,3-6,9H2,1-2H3,(H,16,17). The Morgan fingerprint density at radius 1 is 1.63 bits per heavy atom. The van der Waals surface area contributed by atoms with Crippen molar-refractivity contribution in [2.75, 3.05) is 25.0 Å². The quantitative estimate of drug-likeness (QED) is 0.923. The largest absolute Gasteiger partial charge is 0.369 e. The average molecular weight is 282 g/mol. The molecule has 1 unspecified atom stereocenters. The minimum Gasteiger partial charge on any atom is -0.369 e. The number of halogens is 1. The Kier molecular flexibility index (Phi) is 4.64. The lowest BCUT2D eigenvalue weighted by molar-refractivity contribution is 0.0787. The van der Waals surface area contributed by atoms with Gasteiger partial charge in [-0.15, -0.1) is 0 Å². The smallest absolute Gasteiger partial charge is 0.255 e. The summed E-state index contributed by atoms with van der Waals surface area (Å²) in [7, 11) is 0. The van der Waals surface area contributed by atoms with Crippen molar-refractivity contribution in [3.63, 3.8) is 0 Å². The fraction of sp³-hybridized carbons (Fsp3) is 0.571. The molecule has 0 bridgehead atoms. The van der Waals surface area contributed by atoms with E-state index in [9.17, 15) is 4.79 Å². The van der Waals surface area contributed by atoms with E-state index in [-0.39, 0.29) is 5.91 Å². The van der Waals surface area contributed by atoms with Crippen LogP contribution in [0.4, 0.5) is 5.82 Å². The molecule has 4 nitrogen and oxygen atoms in total. The van der Waals surface area contributed by atoms with Crippen LogP contribution in [-0.2, 0) is 0 Å². The number of carbonyl (C=O) groups excluding carboxylic acids is 1. The van der Waals surface area contributed by atoms with Crippen molar-refractivity contribution < 1.29 is 4.79 Å². The summed E-state index contributed by atoms with van der Waals surface area (Å²) in [5.74, 6) is 1.26. The highest BCUT2D eigenvalue weighted by Crippen LogP contribution is 2.23. The van der Waals surface area contributed by atoms with Crippen LogP contribution in [0.25, 0.3) is 0 Å². The van der Waals surface area contributed by atoms with Gasteiger partial charge in [-0.25, -0.2) is 4.98 Å². The molecule has 1 fully saturated rings. The van der Waals surface area contributed by atoms with E-state index in [2.05, 4.69) is 24.1 Å². The Morgan fingerprint density at radius 2 is 2.42 bits per heavy atom. The van der Waals surface area contributed by atoms with Gasteiger partial charge in [0.25, 0.3) is 5.91 Å². The van der Waals surface area contributed by atoms with Crippen molar-refractivity contribution >= 4 is 23.3 Å². The maximum Gasteiger partial charge on any atom is 0.255 e. The van der Waals surface area contributed by atoms with E-state index >= 15 is 0 Å². The van der Waals surface area contributed by atoms with Crippen LogP contribution >= 0.6 is 11.6 Å². The summed E-state index contributed by atoms with van der Waals surface area (Å²) < 4.78 is 0. The molecular formula is C14H20ClN3O. The second kappa shape index (κ2) is 6.24. The fourth-order valence-electron chi connectivity index (χ4n) is 2.23. The van der Waals surface area contributed by atoms with Crippen LogP contribution < -0.4 is 5.32 Å². The second-order valence-electron chi connectivity index (χ2n) is 5.13. The molecule has 2 rings (SSSR count). The van der Waals surface area contributed by atoms with E-state index in [1.807, 2.05) is 4.90 Å². The molecule has 1 aliphatic heterocycles. The van der Waals surface area contributed by atoms with E-state index in [1.54, 1.807) is 12.3 Å². The van der Waals surface area contributed by atoms with E-state index in [4.69, 9.17) is 11.6 Å². The summed E-state index contributed by atoms with van der Waals surface area (Å²) in [6.07, 6.45) is 3.68. The lowest BCUT2D eigenvalue weighted by Gasteiger charge is -2.16. The van der Waals surface area contributed by atoms with E-state index < -0.39 is 0 Å². The van der Waals surface area contributed by atoms with Crippen LogP contribution in [0, 0.1) is 5.92 Å². The molecule has 0 saturated carbocycles. The third-order valence-electron chi connectivity index (χ3n) is 3.34. The number of aromatic nitrogens is 1. The number of hydrogen-bond donors (Lipinski definition) is 1. The van der Waals surface area contributed by atoms with Gasteiger partial charge in [0, 0.05) is 25.8 Å². The zero-order chi connectivity index (χ0) is 13.8. The Labute approximate surface area is 119 Å². The van der Waals surface area contributed by atoms with Gasteiger partial charge in [0.2, 0.25) is 0 Å². The molecule has 1 N–H and O–H groups in total. The molecule has 1 atom stereocenters. The van der Waals surface area contributed by atoms with Crippen molar-refractivity contribution in [3.8, 4) is 0 Å². The van der Waals surface area contributed by atoms with Gasteiger partial charge in [0.15, 0.2) is 0 Å². The molecular weight excluding hydrogens is 262 g/mol. The van der Waals surface area contributed by atoms with Gasteiger partial charge in [0.05, 0.1) is 10.6 Å². The van der Waals surface area contributed by atoms with Crippen LogP contribution in [0.3, 0.4) is 0 Å². The van der Waals surface area contributed by atoms with Crippen LogP contribution in [0.2, 0.25) is 5.02 Å². The maximum atomic E-state index is 12.3. The second-order valence-corrected chi connectivity index (χ2v) is 5.53. The van der Waals surface area contributed by atoms with Crippen molar-refractivity contribution in [1.29, 1.82) is 0 Å². The number of pyridine rings is 1. The number of rotatable bonds is 4. The summed E-state index contributed by atoms with van der Waals surface area (Å²) in [6.45, 7) is 6.72. The number of amides is 1. The minimum absolute atomic E-state index is 0.0285. The van der Waals surface area contributed by atoms with E-state index in [0.29, 0.717) is 22.3 Å². The Bertz CT molecular complexity index is 464. The normalized spacial score (nSPS) is 18.7. The van der Waals surface area contributed by atoms with E-state index in [1.165, 1.54) is 0 Å². The summed E-state index contributed by atoms with van der Waals surface area (Å²) >= 11 is 6.15. The van der Waals surface area contributed by atoms with E-state index in [0.717, 1.165) is 32.5 Å². The summed E-state index contributed by atoms with van der Waals surface area (Å²) in [6, 6.07) is 1.71. The number of hydrogen-bond acceptors (Lipinski definition) is 3. The molecule has 0 aliphatic carbocycles. The highest BCUT2D eigenvalue weighted by molar-refractivity contribution is 6.33. The number of carbonyl (C=O) groups is 1. The zero-order valence-electron chi connectivity index (χ0n) is 11.4. The first-order valence-corrected chi connectivity index (χ1v) is 7.18. The summed E-state index contributed by atoms with van der Waals surface area (Å²) in [4.78, 5) is 18.4. The number of likely N-dealkylation sites (tertiary alicyclic amines) is 1. The molecule has 2 heterocycles. The zero-order valence-corrected chi connectivity index (χ0v) is 12.2. The van der Waals surface area contributed by atoms with Crippen molar-refractivity contribution in [2.45, 2.75) is 26.7 Å². The molecule has 1 aliphatic rings. The molecule has 0 spiro atoms. The topological polar surface area (TPSA) is 45.2 Å². The lowest BCUT2D eigenvalue weighted by Crippen LogP contribution is -2.28. The SMILES string of the molecule is CCCNc1ncc(C(=O)N2CCC(C)C2)cc1Cl. The van der Waals surface area contributed by atoms with Crippen molar-refractivity contribution in [3.05, 3.63) is 22.8 Å². The molecule has 1 aromatic rings. The van der Waals surface area contributed by atoms with Gasteiger partial charge in [-0.3, -0.25) is 4.79 Å². The van der Waals surface area contributed by atoms with Crippen LogP contribution in [0.15, 0.2) is 12.3 Å². The predicted octanol–water partition coefficient (Wildman–Crippen LogP) is 3.04. The van der Waals surface area contributed by atoms with Crippen LogP contribution in [-0.4, -0.2) is 35.4 Å². The van der Waals surface area contributed by atoms with Crippen LogP contribution in [0.5, 0.6) is 0 Å². The molecule has 5 heteroatoms. The molecule has 1 saturated heterocycles. The summed E-state index contributed by atoms with van der Waals surface area (Å²) in [5.41, 5.74) is 0.571. The van der Waals surface area contributed by atoms with Gasteiger partial charge in [-0.05, 0) is 24.8 Å². The third-order valence-corrected chi connectivity index (χ3v) is 3.63. The number of nitrogens with zero attached hydrogens (tertiary/aromatic N) is 2. The van der Waals surface area contributed by atoms with Gasteiger partial charge in [-0.2, -0.15) is 0 Å². The van der Waals surface area contributed by atoms with Gasteiger partial charge >= 0.3 is 0 Å². The first kappa shape index (κ1) is 14.1. The third kappa shape index (κ3) is 3.38. The van der Waals surface area contributed by atoms with Crippen molar-refractivity contribution in [2.24, 2.45) is 5.92 Å². The first-order valence-electron chi connectivity index (χ1n) is 6.80. The molecule has 1 amide bonds. The lowest BCUT2D eigenvalue weighted by atomic mass is 10.2. The van der Waals surface area contributed by atoms with Crippen LogP contribution in [0.1, 0.15) is 37.0 Å². The Balaban J connectivity index is 2.08. The molecule has 0 aromatic carbocycles. The molecule has 19 heavy (non-hydrogen) atoms. The van der Waals surface area contributed by atoms with Gasteiger partial charge < -0.3 is 10.2 Å². The fourth-order valence-corrected chi connectivity index (χ4v) is 2.46. The number of anilines is 1.